The van der Waals surface area contributed by atoms with Gasteiger partial charge in [0.2, 0.25) is 0 Å². The normalized spacial score (nSPS) is 19.0. The number of aryl methyl sites for hydroxylation is 1. The van der Waals surface area contributed by atoms with Gasteiger partial charge in [0.1, 0.15) is 5.83 Å². The number of aliphatic imine (C=N–C) groups is 1. The molecule has 0 spiro atoms. The number of hydrogen-bond acceptors (Lipinski definition) is 5. The van der Waals surface area contributed by atoms with Crippen LogP contribution in [0.2, 0.25) is 0 Å². The topological polar surface area (TPSA) is 106 Å². The van der Waals surface area contributed by atoms with Crippen LogP contribution < -0.4 is 22.3 Å². The fourth-order valence-corrected chi connectivity index (χ4v) is 2.66. The maximum atomic E-state index is 13.2. The standard InChI is InChI=1S/C22H26FN5O/c1-15-7-10-21(28-25)20(13-15)22(29)27-16(2)14-18(24)11-12-26-19-6-4-3-5-17(23)8-9-19/h4-5,7-13,16,28H,6,14,24-25H2,1-2H3,(H,27,29)/b17-8+,18-11?,19-9+,26-12?. The maximum absolute atomic E-state index is 13.2. The van der Waals surface area contributed by atoms with Gasteiger partial charge in [0, 0.05) is 42.6 Å². The molecule has 6 nitrogen and oxygen atoms in total. The zero-order valence-electron chi connectivity index (χ0n) is 16.6. The molecule has 0 fully saturated rings. The summed E-state index contributed by atoms with van der Waals surface area (Å²) in [6.45, 7) is 3.77. The molecule has 2 rings (SSSR count). The van der Waals surface area contributed by atoms with E-state index in [2.05, 4.69) is 21.5 Å². The van der Waals surface area contributed by atoms with E-state index in [4.69, 9.17) is 11.6 Å². The predicted octanol–water partition coefficient (Wildman–Crippen LogP) is 3.55. The van der Waals surface area contributed by atoms with Gasteiger partial charge in [0.05, 0.1) is 11.3 Å². The summed E-state index contributed by atoms with van der Waals surface area (Å²) in [7, 11) is 0. The Morgan fingerprint density at radius 2 is 2.21 bits per heavy atom. The van der Waals surface area contributed by atoms with Crippen LogP contribution >= 0.6 is 0 Å². The van der Waals surface area contributed by atoms with Gasteiger partial charge in [0.15, 0.2) is 0 Å². The highest BCUT2D eigenvalue weighted by atomic mass is 19.1. The van der Waals surface area contributed by atoms with E-state index in [1.54, 1.807) is 36.6 Å². The first-order chi connectivity index (χ1) is 13.9. The Morgan fingerprint density at radius 3 is 2.97 bits per heavy atom. The summed E-state index contributed by atoms with van der Waals surface area (Å²) in [5.41, 5.74) is 14.5. The predicted molar refractivity (Wildman–Crippen MR) is 116 cm³/mol. The molecule has 1 amide bonds. The molecule has 0 saturated heterocycles. The first kappa shape index (κ1) is 21.9. The second-order valence-corrected chi connectivity index (χ2v) is 6.72. The molecule has 1 aromatic rings. The number of nitrogens with zero attached hydrogens (tertiary/aromatic N) is 1. The molecule has 29 heavy (non-hydrogen) atoms. The summed E-state index contributed by atoms with van der Waals surface area (Å²) in [4.78, 5) is 16.8. The third-order valence-electron chi connectivity index (χ3n) is 4.11. The number of benzene rings is 1. The van der Waals surface area contributed by atoms with Crippen LogP contribution in [0.3, 0.4) is 0 Å². The first-order valence-corrected chi connectivity index (χ1v) is 9.23. The number of hydrogen-bond donors (Lipinski definition) is 4. The van der Waals surface area contributed by atoms with Crippen molar-refractivity contribution in [2.24, 2.45) is 16.6 Å². The van der Waals surface area contributed by atoms with Gasteiger partial charge in [-0.3, -0.25) is 15.6 Å². The van der Waals surface area contributed by atoms with Crippen molar-refractivity contribution in [2.75, 3.05) is 5.43 Å². The molecule has 7 heteroatoms. The number of carbonyl (C=O) groups is 1. The molecule has 0 heterocycles. The van der Waals surface area contributed by atoms with Crippen LogP contribution in [0.15, 0.2) is 76.5 Å². The highest BCUT2D eigenvalue weighted by Crippen LogP contribution is 2.16. The molecule has 0 bridgehead atoms. The van der Waals surface area contributed by atoms with Crippen molar-refractivity contribution in [3.8, 4) is 0 Å². The summed E-state index contributed by atoms with van der Waals surface area (Å²) in [5, 5.41) is 2.91. The van der Waals surface area contributed by atoms with E-state index in [1.807, 2.05) is 19.9 Å². The lowest BCUT2D eigenvalue weighted by Crippen LogP contribution is -2.34. The molecular formula is C22H26FN5O. The van der Waals surface area contributed by atoms with Crippen LogP contribution in [0.1, 0.15) is 35.7 Å². The molecule has 0 saturated carbocycles. The summed E-state index contributed by atoms with van der Waals surface area (Å²) < 4.78 is 13.2. The molecule has 6 N–H and O–H groups in total. The highest BCUT2D eigenvalue weighted by Gasteiger charge is 2.14. The van der Waals surface area contributed by atoms with Crippen LogP contribution in [-0.4, -0.2) is 18.2 Å². The highest BCUT2D eigenvalue weighted by molar-refractivity contribution is 5.99. The molecule has 1 aliphatic carbocycles. The van der Waals surface area contributed by atoms with Gasteiger partial charge in [-0.05, 0) is 50.3 Å². The second-order valence-electron chi connectivity index (χ2n) is 6.72. The Morgan fingerprint density at radius 1 is 1.41 bits per heavy atom. The number of halogens is 1. The van der Waals surface area contributed by atoms with Gasteiger partial charge in [0.25, 0.3) is 5.91 Å². The van der Waals surface area contributed by atoms with E-state index >= 15 is 0 Å². The Labute approximate surface area is 170 Å². The lowest BCUT2D eigenvalue weighted by Gasteiger charge is -2.16. The van der Waals surface area contributed by atoms with E-state index in [0.717, 1.165) is 5.56 Å². The lowest BCUT2D eigenvalue weighted by atomic mass is 10.1. The van der Waals surface area contributed by atoms with Gasteiger partial charge in [-0.25, -0.2) is 4.39 Å². The number of carbonyl (C=O) groups excluding carboxylic acids is 1. The first-order valence-electron chi connectivity index (χ1n) is 9.23. The van der Waals surface area contributed by atoms with Gasteiger partial charge in [-0.1, -0.05) is 11.6 Å². The van der Waals surface area contributed by atoms with Crippen molar-refractivity contribution >= 4 is 17.8 Å². The van der Waals surface area contributed by atoms with Crippen molar-refractivity contribution in [3.05, 3.63) is 82.7 Å². The molecule has 1 atom stereocenters. The Kier molecular flexibility index (Phi) is 8.15. The Balaban J connectivity index is 1.94. The molecule has 0 radical (unpaired) electrons. The maximum Gasteiger partial charge on any atom is 0.253 e. The molecule has 0 aliphatic heterocycles. The second kappa shape index (κ2) is 10.8. The molecule has 1 aliphatic rings. The zero-order valence-corrected chi connectivity index (χ0v) is 16.6. The monoisotopic (exact) mass is 395 g/mol. The number of nitrogens with two attached hydrogens (primary N) is 2. The van der Waals surface area contributed by atoms with Gasteiger partial charge in [-0.2, -0.15) is 0 Å². The number of nitrogens with one attached hydrogen (secondary N) is 2. The molecule has 1 unspecified atom stereocenters. The number of allylic oxidation sites excluding steroid dienone is 5. The number of rotatable bonds is 7. The van der Waals surface area contributed by atoms with Crippen molar-refractivity contribution < 1.29 is 9.18 Å². The van der Waals surface area contributed by atoms with Gasteiger partial charge < -0.3 is 16.5 Å². The number of anilines is 1. The third-order valence-corrected chi connectivity index (χ3v) is 4.11. The SMILES string of the molecule is Cc1ccc(NN)c(C(=O)NC(C)CC(N)=CC=N/C2=C/C=C(/F)C=C=CC2)c1. The number of amides is 1. The molecule has 152 valence electrons. The fourth-order valence-electron chi connectivity index (χ4n) is 2.66. The minimum atomic E-state index is -0.380. The van der Waals surface area contributed by atoms with Crippen molar-refractivity contribution in [3.63, 3.8) is 0 Å². The number of hydrazine groups is 1. The lowest BCUT2D eigenvalue weighted by molar-refractivity contribution is 0.0941. The quantitative estimate of drug-likeness (QED) is 0.245. The van der Waals surface area contributed by atoms with E-state index < -0.39 is 0 Å². The fraction of sp³-hybridized carbons (Fsp3) is 0.227. The summed E-state index contributed by atoms with van der Waals surface area (Å²) in [6, 6.07) is 5.21. The largest absolute Gasteiger partial charge is 0.402 e. The van der Waals surface area contributed by atoms with Crippen LogP contribution in [-0.2, 0) is 0 Å². The molecule has 1 aromatic carbocycles. The molecule has 0 aromatic heterocycles. The van der Waals surface area contributed by atoms with Crippen LogP contribution in [0, 0.1) is 6.92 Å². The molecular weight excluding hydrogens is 369 g/mol. The average molecular weight is 395 g/mol. The summed E-state index contributed by atoms with van der Waals surface area (Å²) in [5.74, 6) is 4.87. The van der Waals surface area contributed by atoms with Gasteiger partial charge >= 0.3 is 0 Å². The van der Waals surface area contributed by atoms with E-state index in [-0.39, 0.29) is 17.8 Å². The smallest absolute Gasteiger partial charge is 0.253 e. The average Bonchev–Trinajstić information content (AvgIpc) is 2.66. The third kappa shape index (κ3) is 7.25. The van der Waals surface area contributed by atoms with Crippen LogP contribution in [0.5, 0.6) is 0 Å². The van der Waals surface area contributed by atoms with Crippen molar-refractivity contribution in [1.82, 2.24) is 5.32 Å². The minimum Gasteiger partial charge on any atom is -0.402 e. The zero-order chi connectivity index (χ0) is 21.2. The summed E-state index contributed by atoms with van der Waals surface area (Å²) in [6.07, 6.45) is 10.2. The minimum absolute atomic E-state index is 0.191. The van der Waals surface area contributed by atoms with E-state index in [9.17, 15) is 9.18 Å². The van der Waals surface area contributed by atoms with E-state index in [1.165, 1.54) is 12.2 Å². The van der Waals surface area contributed by atoms with Gasteiger partial charge in [-0.15, -0.1) is 5.73 Å². The van der Waals surface area contributed by atoms with Crippen molar-refractivity contribution in [2.45, 2.75) is 32.7 Å². The van der Waals surface area contributed by atoms with Crippen molar-refractivity contribution in [1.29, 1.82) is 0 Å². The van der Waals surface area contributed by atoms with E-state index in [0.29, 0.717) is 35.5 Å². The van der Waals surface area contributed by atoms with Crippen LogP contribution in [0.25, 0.3) is 0 Å². The Bertz CT molecular complexity index is 937. The number of nitrogen functional groups attached to an aromatic ring is 1. The van der Waals surface area contributed by atoms with Crippen LogP contribution in [0.4, 0.5) is 10.1 Å². The summed E-state index contributed by atoms with van der Waals surface area (Å²) >= 11 is 0. The Hall–Kier alpha value is -3.41.